The van der Waals surface area contributed by atoms with E-state index in [1.165, 1.54) is 6.20 Å². The van der Waals surface area contributed by atoms with Crippen LogP contribution >= 0.6 is 39.1 Å². The molecule has 0 aliphatic rings. The summed E-state index contributed by atoms with van der Waals surface area (Å²) < 4.78 is 6.17. The number of pyridine rings is 1. The number of aromatic nitrogens is 1. The first-order valence-electron chi connectivity index (χ1n) is 4.79. The minimum Gasteiger partial charge on any atom is -0.436 e. The van der Waals surface area contributed by atoms with Gasteiger partial charge in [-0.3, -0.25) is 0 Å². The molecule has 1 aromatic carbocycles. The zero-order chi connectivity index (χ0) is 13.1. The third-order valence-electron chi connectivity index (χ3n) is 2.07. The second kappa shape index (κ2) is 5.57. The molecule has 6 heteroatoms. The van der Waals surface area contributed by atoms with Crippen LogP contribution in [-0.2, 0) is 0 Å². The van der Waals surface area contributed by atoms with Gasteiger partial charge in [0.15, 0.2) is 0 Å². The Morgan fingerprint density at radius 2 is 2.06 bits per heavy atom. The maximum atomic E-state index is 8.93. The summed E-state index contributed by atoms with van der Waals surface area (Å²) in [5.41, 5.74) is 0.326. The second-order valence-electron chi connectivity index (χ2n) is 3.27. The number of halogens is 3. The van der Waals surface area contributed by atoms with Crippen LogP contribution in [0, 0.1) is 11.3 Å². The molecule has 2 aromatic rings. The molecule has 90 valence electrons. The first-order valence-corrected chi connectivity index (χ1v) is 6.34. The lowest BCUT2D eigenvalue weighted by molar-refractivity contribution is 0.461. The molecule has 1 aromatic heterocycles. The van der Waals surface area contributed by atoms with Gasteiger partial charge in [0.05, 0.1) is 10.0 Å². The molecular formula is C12H5BrCl2N2O. The number of ether oxygens (including phenoxy) is 1. The van der Waals surface area contributed by atoms with E-state index in [0.717, 1.165) is 0 Å². The number of benzene rings is 1. The molecule has 0 radical (unpaired) electrons. The van der Waals surface area contributed by atoms with Crippen molar-refractivity contribution in [1.82, 2.24) is 4.98 Å². The molecule has 1 heterocycles. The normalized spacial score (nSPS) is 9.89. The topological polar surface area (TPSA) is 45.9 Å². The highest BCUT2D eigenvalue weighted by atomic mass is 79.9. The van der Waals surface area contributed by atoms with Gasteiger partial charge in [0.1, 0.15) is 17.4 Å². The molecule has 0 unspecified atom stereocenters. The van der Waals surface area contributed by atoms with Crippen molar-refractivity contribution in [3.63, 3.8) is 0 Å². The summed E-state index contributed by atoms with van der Waals surface area (Å²) in [7, 11) is 0. The fraction of sp³-hybridized carbons (Fsp3) is 0. The summed E-state index contributed by atoms with van der Waals surface area (Å²) >= 11 is 15.2. The molecule has 0 aliphatic heterocycles. The molecule has 3 nitrogen and oxygen atoms in total. The van der Waals surface area contributed by atoms with Gasteiger partial charge in [-0.15, -0.1) is 0 Å². The van der Waals surface area contributed by atoms with Gasteiger partial charge in [0.2, 0.25) is 5.88 Å². The molecule has 0 spiro atoms. The van der Waals surface area contributed by atoms with Gasteiger partial charge in [0.25, 0.3) is 0 Å². The van der Waals surface area contributed by atoms with E-state index < -0.39 is 0 Å². The second-order valence-corrected chi connectivity index (χ2v) is 4.94. The summed E-state index contributed by atoms with van der Waals surface area (Å²) in [4.78, 5) is 3.98. The largest absolute Gasteiger partial charge is 0.436 e. The van der Waals surface area contributed by atoms with E-state index in [1.807, 2.05) is 6.07 Å². The zero-order valence-corrected chi connectivity index (χ0v) is 11.9. The maximum Gasteiger partial charge on any atom is 0.237 e. The average Bonchev–Trinajstić information content (AvgIpc) is 2.36. The summed E-state index contributed by atoms with van der Waals surface area (Å²) in [6.07, 6.45) is 1.53. The quantitative estimate of drug-likeness (QED) is 0.734. The van der Waals surface area contributed by atoms with Crippen LogP contribution in [-0.4, -0.2) is 4.98 Å². The highest BCUT2D eigenvalue weighted by Crippen LogP contribution is 2.36. The van der Waals surface area contributed by atoms with Crippen molar-refractivity contribution in [1.29, 1.82) is 5.26 Å². The molecule has 0 fully saturated rings. The Hall–Kier alpha value is -1.28. The molecule has 0 atom stereocenters. The SMILES string of the molecule is N#Cc1cccnc1Oc1cc(Cl)c(Br)cc1Cl. The monoisotopic (exact) mass is 342 g/mol. The zero-order valence-electron chi connectivity index (χ0n) is 8.82. The summed E-state index contributed by atoms with van der Waals surface area (Å²) in [6.45, 7) is 0. The van der Waals surface area contributed by atoms with Gasteiger partial charge < -0.3 is 4.74 Å². The van der Waals surface area contributed by atoms with Gasteiger partial charge in [-0.25, -0.2) is 4.98 Å². The van der Waals surface area contributed by atoms with Crippen LogP contribution in [0.4, 0.5) is 0 Å². The third-order valence-corrected chi connectivity index (χ3v) is 3.57. The summed E-state index contributed by atoms with van der Waals surface area (Å²) in [6, 6.07) is 8.43. The van der Waals surface area contributed by atoms with E-state index >= 15 is 0 Å². The first kappa shape index (κ1) is 13.2. The van der Waals surface area contributed by atoms with Crippen LogP contribution < -0.4 is 4.74 Å². The van der Waals surface area contributed by atoms with Crippen molar-refractivity contribution in [2.24, 2.45) is 0 Å². The van der Waals surface area contributed by atoms with Crippen molar-refractivity contribution in [2.45, 2.75) is 0 Å². The van der Waals surface area contributed by atoms with Gasteiger partial charge in [-0.1, -0.05) is 23.2 Å². The number of nitriles is 1. The van der Waals surface area contributed by atoms with E-state index in [4.69, 9.17) is 33.2 Å². The lowest BCUT2D eigenvalue weighted by atomic mass is 10.3. The predicted octanol–water partition coefficient (Wildman–Crippen LogP) is 4.81. The molecular weight excluding hydrogens is 339 g/mol. The third kappa shape index (κ3) is 2.75. The van der Waals surface area contributed by atoms with Crippen LogP contribution in [0.3, 0.4) is 0 Å². The molecule has 0 N–H and O–H groups in total. The van der Waals surface area contributed by atoms with Crippen LogP contribution in [0.25, 0.3) is 0 Å². The van der Waals surface area contributed by atoms with Crippen molar-refractivity contribution in [3.8, 4) is 17.7 Å². The Labute approximate surface area is 122 Å². The molecule has 0 amide bonds. The number of rotatable bonds is 2. The molecule has 18 heavy (non-hydrogen) atoms. The van der Waals surface area contributed by atoms with E-state index in [0.29, 0.717) is 25.8 Å². The standard InChI is InChI=1S/C12H5BrCl2N2O/c13-8-4-10(15)11(5-9(8)14)18-12-7(6-16)2-1-3-17-12/h1-5H. The van der Waals surface area contributed by atoms with Crippen molar-refractivity contribution >= 4 is 39.1 Å². The smallest absolute Gasteiger partial charge is 0.237 e. The number of hydrogen-bond donors (Lipinski definition) is 0. The number of nitrogens with zero attached hydrogens (tertiary/aromatic N) is 2. The minimum absolute atomic E-state index is 0.195. The maximum absolute atomic E-state index is 8.93. The van der Waals surface area contributed by atoms with Crippen LogP contribution in [0.15, 0.2) is 34.9 Å². The highest BCUT2D eigenvalue weighted by Gasteiger charge is 2.11. The fourth-order valence-electron chi connectivity index (χ4n) is 1.24. The van der Waals surface area contributed by atoms with E-state index in [2.05, 4.69) is 20.9 Å². The lowest BCUT2D eigenvalue weighted by Gasteiger charge is -2.08. The lowest BCUT2D eigenvalue weighted by Crippen LogP contribution is -1.92. The van der Waals surface area contributed by atoms with Gasteiger partial charge in [0, 0.05) is 16.7 Å². The predicted molar refractivity (Wildman–Crippen MR) is 73.2 cm³/mol. The molecule has 2 rings (SSSR count). The van der Waals surface area contributed by atoms with Crippen molar-refractivity contribution in [3.05, 3.63) is 50.5 Å². The van der Waals surface area contributed by atoms with Gasteiger partial charge in [-0.2, -0.15) is 5.26 Å². The van der Waals surface area contributed by atoms with Gasteiger partial charge in [-0.05, 0) is 34.1 Å². The first-order chi connectivity index (χ1) is 8.61. The van der Waals surface area contributed by atoms with Crippen LogP contribution in [0.5, 0.6) is 11.6 Å². The van der Waals surface area contributed by atoms with E-state index in [1.54, 1.807) is 24.3 Å². The Bertz CT molecular complexity index is 640. The molecule has 0 saturated carbocycles. The highest BCUT2D eigenvalue weighted by molar-refractivity contribution is 9.10. The molecule has 0 aliphatic carbocycles. The van der Waals surface area contributed by atoms with Crippen molar-refractivity contribution < 1.29 is 4.74 Å². The Morgan fingerprint density at radius 1 is 1.28 bits per heavy atom. The Morgan fingerprint density at radius 3 is 2.78 bits per heavy atom. The summed E-state index contributed by atoms with van der Waals surface area (Å²) in [5.74, 6) is 0.542. The van der Waals surface area contributed by atoms with Gasteiger partial charge >= 0.3 is 0 Å². The molecule has 0 saturated heterocycles. The average molecular weight is 344 g/mol. The summed E-state index contributed by atoms with van der Waals surface area (Å²) in [5, 5.41) is 9.77. The van der Waals surface area contributed by atoms with E-state index in [9.17, 15) is 0 Å². The Balaban J connectivity index is 2.41. The molecule has 0 bridgehead atoms. The van der Waals surface area contributed by atoms with Crippen LogP contribution in [0.1, 0.15) is 5.56 Å². The fourth-order valence-corrected chi connectivity index (χ4v) is 2.07. The Kier molecular flexibility index (Phi) is 4.07. The van der Waals surface area contributed by atoms with Crippen LogP contribution in [0.2, 0.25) is 10.0 Å². The van der Waals surface area contributed by atoms with E-state index in [-0.39, 0.29) is 5.88 Å². The van der Waals surface area contributed by atoms with Crippen molar-refractivity contribution in [2.75, 3.05) is 0 Å². The minimum atomic E-state index is 0.195. The number of hydrogen-bond acceptors (Lipinski definition) is 3.